The molecule has 0 bridgehead atoms. The van der Waals surface area contributed by atoms with Crippen molar-refractivity contribution in [2.24, 2.45) is 5.73 Å². The van der Waals surface area contributed by atoms with Crippen LogP contribution in [0.2, 0.25) is 0 Å². The molecule has 1 aromatic rings. The van der Waals surface area contributed by atoms with Crippen LogP contribution in [0.25, 0.3) is 0 Å². The summed E-state index contributed by atoms with van der Waals surface area (Å²) < 4.78 is 5.83. The van der Waals surface area contributed by atoms with E-state index in [4.69, 9.17) is 10.5 Å². The van der Waals surface area contributed by atoms with Gasteiger partial charge in [-0.05, 0) is 43.5 Å². The van der Waals surface area contributed by atoms with Gasteiger partial charge < -0.3 is 15.4 Å². The third kappa shape index (κ3) is 3.96. The quantitative estimate of drug-likeness (QED) is 0.809. The Kier molecular flexibility index (Phi) is 5.12. The van der Waals surface area contributed by atoms with Crippen molar-refractivity contribution in [2.75, 3.05) is 39.3 Å². The lowest BCUT2D eigenvalue weighted by Gasteiger charge is -2.37. The fourth-order valence-corrected chi connectivity index (χ4v) is 3.50. The Morgan fingerprint density at radius 1 is 1.24 bits per heavy atom. The van der Waals surface area contributed by atoms with Crippen LogP contribution in [0, 0.1) is 0 Å². The van der Waals surface area contributed by atoms with E-state index in [-0.39, 0.29) is 0 Å². The molecule has 0 saturated carbocycles. The molecular weight excluding hydrogens is 262 g/mol. The first-order valence-electron chi connectivity index (χ1n) is 8.23. The number of nitrogens with two attached hydrogens (primary N) is 1. The summed E-state index contributed by atoms with van der Waals surface area (Å²) in [5.41, 5.74) is 6.78. The fraction of sp³-hybridized carbons (Fsp3) is 0.647. The number of hydrogen-bond donors (Lipinski definition) is 1. The lowest BCUT2D eigenvalue weighted by Crippen LogP contribution is -2.50. The molecule has 1 unspecified atom stereocenters. The molecule has 2 aliphatic heterocycles. The lowest BCUT2D eigenvalue weighted by molar-refractivity contribution is 0.0997. The van der Waals surface area contributed by atoms with Crippen LogP contribution in [-0.4, -0.2) is 55.2 Å². The summed E-state index contributed by atoms with van der Waals surface area (Å²) >= 11 is 0. The van der Waals surface area contributed by atoms with Crippen molar-refractivity contribution < 1.29 is 4.74 Å². The Morgan fingerprint density at radius 3 is 3.10 bits per heavy atom. The van der Waals surface area contributed by atoms with Crippen molar-refractivity contribution >= 4 is 0 Å². The minimum Gasteiger partial charge on any atom is -0.494 e. The highest BCUT2D eigenvalue weighted by atomic mass is 16.5. The molecule has 1 aromatic carbocycles. The first-order chi connectivity index (χ1) is 10.3. The van der Waals surface area contributed by atoms with Gasteiger partial charge in [0.1, 0.15) is 5.75 Å². The third-order valence-corrected chi connectivity index (χ3v) is 4.69. The second kappa shape index (κ2) is 7.25. The number of fused-ring (bicyclic) bond motifs is 1. The number of nitrogens with zero attached hydrogens (tertiary/aromatic N) is 2. The monoisotopic (exact) mass is 289 g/mol. The van der Waals surface area contributed by atoms with E-state index in [0.29, 0.717) is 6.54 Å². The molecule has 4 heteroatoms. The minimum atomic E-state index is 0.572. The summed E-state index contributed by atoms with van der Waals surface area (Å²) in [6, 6.07) is 8.92. The average Bonchev–Trinajstić information content (AvgIpc) is 2.99. The van der Waals surface area contributed by atoms with Crippen molar-refractivity contribution in [3.05, 3.63) is 29.8 Å². The van der Waals surface area contributed by atoms with Gasteiger partial charge in [-0.1, -0.05) is 12.1 Å². The highest BCUT2D eigenvalue weighted by Gasteiger charge is 2.29. The molecule has 2 fully saturated rings. The van der Waals surface area contributed by atoms with Crippen LogP contribution in [0.1, 0.15) is 24.8 Å². The van der Waals surface area contributed by atoms with Gasteiger partial charge in [-0.2, -0.15) is 0 Å². The second-order valence-corrected chi connectivity index (χ2v) is 6.19. The third-order valence-electron chi connectivity index (χ3n) is 4.69. The van der Waals surface area contributed by atoms with E-state index < -0.39 is 0 Å². The topological polar surface area (TPSA) is 41.7 Å². The molecule has 2 N–H and O–H groups in total. The summed E-state index contributed by atoms with van der Waals surface area (Å²) in [5.74, 6) is 0.943. The minimum absolute atomic E-state index is 0.572. The zero-order valence-corrected chi connectivity index (χ0v) is 12.8. The van der Waals surface area contributed by atoms with Crippen LogP contribution in [0.3, 0.4) is 0 Å². The van der Waals surface area contributed by atoms with Gasteiger partial charge in [-0.3, -0.25) is 4.90 Å². The zero-order valence-electron chi connectivity index (χ0n) is 12.8. The van der Waals surface area contributed by atoms with Crippen molar-refractivity contribution in [3.63, 3.8) is 0 Å². The summed E-state index contributed by atoms with van der Waals surface area (Å²) in [6.45, 7) is 7.56. The standard InChI is InChI=1S/C17H27N3O/c18-13-15-4-1-6-17(12-15)21-11-3-7-19-9-10-20-8-2-5-16(20)14-19/h1,4,6,12,16H,2-3,5,7-11,13-14,18H2. The van der Waals surface area contributed by atoms with Crippen LogP contribution < -0.4 is 10.5 Å². The smallest absolute Gasteiger partial charge is 0.119 e. The van der Waals surface area contributed by atoms with E-state index in [0.717, 1.165) is 36.9 Å². The molecule has 4 nitrogen and oxygen atoms in total. The van der Waals surface area contributed by atoms with Gasteiger partial charge in [0.25, 0.3) is 0 Å². The number of rotatable bonds is 6. The van der Waals surface area contributed by atoms with E-state index in [9.17, 15) is 0 Å². The van der Waals surface area contributed by atoms with E-state index in [2.05, 4.69) is 9.80 Å². The van der Waals surface area contributed by atoms with Gasteiger partial charge >= 0.3 is 0 Å². The normalized spacial score (nSPS) is 23.2. The van der Waals surface area contributed by atoms with Gasteiger partial charge in [-0.15, -0.1) is 0 Å². The summed E-state index contributed by atoms with van der Waals surface area (Å²) in [6.07, 6.45) is 3.87. The number of benzene rings is 1. The van der Waals surface area contributed by atoms with E-state index in [1.165, 1.54) is 39.0 Å². The number of ether oxygens (including phenoxy) is 1. The van der Waals surface area contributed by atoms with Gasteiger partial charge in [0.2, 0.25) is 0 Å². The maximum absolute atomic E-state index is 5.83. The van der Waals surface area contributed by atoms with E-state index in [1.54, 1.807) is 0 Å². The summed E-state index contributed by atoms with van der Waals surface area (Å²) in [7, 11) is 0. The zero-order chi connectivity index (χ0) is 14.5. The summed E-state index contributed by atoms with van der Waals surface area (Å²) in [5, 5.41) is 0. The molecule has 0 aliphatic carbocycles. The van der Waals surface area contributed by atoms with Crippen molar-refractivity contribution in [1.82, 2.24) is 9.80 Å². The van der Waals surface area contributed by atoms with Crippen LogP contribution in [0.4, 0.5) is 0 Å². The SMILES string of the molecule is NCc1cccc(OCCCN2CCN3CCCC3C2)c1. The van der Waals surface area contributed by atoms with E-state index >= 15 is 0 Å². The Labute approximate surface area is 127 Å². The van der Waals surface area contributed by atoms with Gasteiger partial charge in [0, 0.05) is 38.8 Å². The summed E-state index contributed by atoms with van der Waals surface area (Å²) in [4.78, 5) is 5.26. The largest absolute Gasteiger partial charge is 0.494 e. The molecule has 0 spiro atoms. The molecule has 0 amide bonds. The first-order valence-corrected chi connectivity index (χ1v) is 8.23. The van der Waals surface area contributed by atoms with E-state index in [1.807, 2.05) is 24.3 Å². The Hall–Kier alpha value is -1.10. The Bertz CT molecular complexity index is 451. The average molecular weight is 289 g/mol. The second-order valence-electron chi connectivity index (χ2n) is 6.19. The molecule has 3 rings (SSSR count). The fourth-order valence-electron chi connectivity index (χ4n) is 3.50. The molecule has 2 aliphatic rings. The van der Waals surface area contributed by atoms with Gasteiger partial charge in [-0.25, -0.2) is 0 Å². The van der Waals surface area contributed by atoms with Gasteiger partial charge in [0.05, 0.1) is 6.61 Å². The highest BCUT2D eigenvalue weighted by Crippen LogP contribution is 2.21. The van der Waals surface area contributed by atoms with Crippen LogP contribution in [0.15, 0.2) is 24.3 Å². The van der Waals surface area contributed by atoms with Gasteiger partial charge in [0.15, 0.2) is 0 Å². The number of hydrogen-bond acceptors (Lipinski definition) is 4. The van der Waals surface area contributed by atoms with Crippen LogP contribution in [-0.2, 0) is 6.54 Å². The van der Waals surface area contributed by atoms with Crippen molar-refractivity contribution in [3.8, 4) is 5.75 Å². The maximum atomic E-state index is 5.83. The molecule has 0 aromatic heterocycles. The van der Waals surface area contributed by atoms with Crippen molar-refractivity contribution in [1.29, 1.82) is 0 Å². The molecule has 2 saturated heterocycles. The Balaban J connectivity index is 1.36. The lowest BCUT2D eigenvalue weighted by atomic mass is 10.1. The maximum Gasteiger partial charge on any atom is 0.119 e. The Morgan fingerprint density at radius 2 is 2.19 bits per heavy atom. The van der Waals surface area contributed by atoms with Crippen molar-refractivity contribution in [2.45, 2.75) is 31.8 Å². The number of piperazine rings is 1. The predicted octanol–water partition coefficient (Wildman–Crippen LogP) is 1.69. The highest BCUT2D eigenvalue weighted by molar-refractivity contribution is 5.28. The van der Waals surface area contributed by atoms with Crippen LogP contribution in [0.5, 0.6) is 5.75 Å². The molecular formula is C17H27N3O. The first kappa shape index (κ1) is 14.8. The molecule has 21 heavy (non-hydrogen) atoms. The molecule has 0 radical (unpaired) electrons. The predicted molar refractivity (Wildman–Crippen MR) is 85.5 cm³/mol. The van der Waals surface area contributed by atoms with Crippen LogP contribution >= 0.6 is 0 Å². The molecule has 116 valence electrons. The molecule has 1 atom stereocenters. The molecule has 2 heterocycles.